The van der Waals surface area contributed by atoms with Crippen LogP contribution in [0.15, 0.2) is 18.2 Å². The molecule has 1 aliphatic carbocycles. The van der Waals surface area contributed by atoms with Crippen molar-refractivity contribution in [2.45, 2.75) is 50.3 Å². The molecule has 1 heterocycles. The van der Waals surface area contributed by atoms with Crippen molar-refractivity contribution in [1.29, 1.82) is 0 Å². The van der Waals surface area contributed by atoms with Gasteiger partial charge in [-0.3, -0.25) is 14.9 Å². The number of benzene rings is 1. The molecule has 1 saturated heterocycles. The van der Waals surface area contributed by atoms with Crippen LogP contribution in [0.5, 0.6) is 5.75 Å². The number of hydrogen-bond acceptors (Lipinski definition) is 6. The number of hydrogen-bond donors (Lipinski definition) is 1. The summed E-state index contributed by atoms with van der Waals surface area (Å²) in [6.45, 7) is 3.37. The summed E-state index contributed by atoms with van der Waals surface area (Å²) in [7, 11) is 1.42. The Morgan fingerprint density at radius 3 is 2.66 bits per heavy atom. The van der Waals surface area contributed by atoms with Gasteiger partial charge in [-0.15, -0.1) is 11.8 Å². The molecular weight excluding hydrogens is 390 g/mol. The zero-order valence-electron chi connectivity index (χ0n) is 17.1. The molecule has 0 bridgehead atoms. The normalized spacial score (nSPS) is 18.7. The fourth-order valence-electron chi connectivity index (χ4n) is 4.32. The van der Waals surface area contributed by atoms with E-state index in [1.165, 1.54) is 57.2 Å². The fraction of sp³-hybridized carbons (Fsp3) is 0.667. The minimum absolute atomic E-state index is 0.0422. The Hall–Kier alpha value is -1.80. The molecule has 0 radical (unpaired) electrons. The number of nitrogens with one attached hydrogen (secondary N) is 1. The molecule has 160 valence electrons. The van der Waals surface area contributed by atoms with Crippen LogP contribution < -0.4 is 10.1 Å². The second kappa shape index (κ2) is 10.8. The summed E-state index contributed by atoms with van der Waals surface area (Å²) in [6.07, 6.45) is 7.58. The van der Waals surface area contributed by atoms with Crippen LogP contribution >= 0.6 is 11.8 Å². The number of carbonyl (C=O) groups is 1. The van der Waals surface area contributed by atoms with Crippen LogP contribution in [0.25, 0.3) is 0 Å². The van der Waals surface area contributed by atoms with Crippen LogP contribution in [-0.4, -0.2) is 54.3 Å². The van der Waals surface area contributed by atoms with Crippen molar-refractivity contribution >= 4 is 23.4 Å². The summed E-state index contributed by atoms with van der Waals surface area (Å²) in [6, 6.07) is 5.19. The van der Waals surface area contributed by atoms with Gasteiger partial charge in [0.15, 0.2) is 5.75 Å². The number of ether oxygens (including phenoxy) is 1. The number of nitro groups is 1. The zero-order valence-corrected chi connectivity index (χ0v) is 17.9. The molecule has 29 heavy (non-hydrogen) atoms. The average molecular weight is 422 g/mol. The first-order valence-corrected chi connectivity index (χ1v) is 11.6. The van der Waals surface area contributed by atoms with Crippen molar-refractivity contribution in [3.8, 4) is 5.75 Å². The number of rotatable bonds is 9. The second-order valence-corrected chi connectivity index (χ2v) is 9.03. The molecule has 1 aromatic carbocycles. The minimum atomic E-state index is -0.446. The van der Waals surface area contributed by atoms with Crippen molar-refractivity contribution in [2.24, 2.45) is 5.92 Å². The molecule has 1 amide bonds. The summed E-state index contributed by atoms with van der Waals surface area (Å²) in [5.74, 6) is 2.10. The topological polar surface area (TPSA) is 84.7 Å². The Balaban J connectivity index is 1.35. The van der Waals surface area contributed by atoms with Gasteiger partial charge in [-0.25, -0.2) is 0 Å². The van der Waals surface area contributed by atoms with Crippen LogP contribution in [-0.2, 0) is 10.5 Å². The number of methoxy groups -OCH3 is 1. The Bertz CT molecular complexity index is 701. The molecule has 8 heteroatoms. The summed E-state index contributed by atoms with van der Waals surface area (Å²) in [5.41, 5.74) is 0.773. The number of nitrogens with zero attached hydrogens (tertiary/aromatic N) is 2. The SMILES string of the molecule is COc1ccc(CSCC(=O)NC2CCN(CC3CCCC3)CC2)cc1[N+](=O)[O-]. The monoisotopic (exact) mass is 421 g/mol. The van der Waals surface area contributed by atoms with E-state index in [1.807, 2.05) is 0 Å². The molecule has 0 aromatic heterocycles. The summed E-state index contributed by atoms with van der Waals surface area (Å²) < 4.78 is 5.02. The summed E-state index contributed by atoms with van der Waals surface area (Å²) in [4.78, 5) is 25.5. The van der Waals surface area contributed by atoms with E-state index in [0.717, 1.165) is 37.4 Å². The average Bonchev–Trinajstić information content (AvgIpc) is 3.22. The quantitative estimate of drug-likeness (QED) is 0.484. The van der Waals surface area contributed by atoms with Gasteiger partial charge in [0.05, 0.1) is 17.8 Å². The second-order valence-electron chi connectivity index (χ2n) is 8.05. The molecular formula is C21H31N3O4S. The lowest BCUT2D eigenvalue weighted by molar-refractivity contribution is -0.385. The zero-order chi connectivity index (χ0) is 20.6. The van der Waals surface area contributed by atoms with E-state index in [1.54, 1.807) is 12.1 Å². The predicted octanol–water partition coefficient (Wildman–Crippen LogP) is 3.61. The summed E-state index contributed by atoms with van der Waals surface area (Å²) >= 11 is 1.47. The largest absolute Gasteiger partial charge is 0.490 e. The van der Waals surface area contributed by atoms with E-state index in [4.69, 9.17) is 4.74 Å². The number of piperidine rings is 1. The highest BCUT2D eigenvalue weighted by atomic mass is 32.2. The molecule has 1 aromatic rings. The first-order chi connectivity index (χ1) is 14.0. The number of thioether (sulfide) groups is 1. The highest BCUT2D eigenvalue weighted by molar-refractivity contribution is 7.99. The van der Waals surface area contributed by atoms with Gasteiger partial charge < -0.3 is 15.0 Å². The summed E-state index contributed by atoms with van der Waals surface area (Å²) in [5, 5.41) is 14.3. The highest BCUT2D eigenvalue weighted by Gasteiger charge is 2.24. The van der Waals surface area contributed by atoms with Crippen molar-refractivity contribution in [1.82, 2.24) is 10.2 Å². The predicted molar refractivity (Wildman–Crippen MR) is 115 cm³/mol. The molecule has 7 nitrogen and oxygen atoms in total. The van der Waals surface area contributed by atoms with Crippen LogP contribution in [0.3, 0.4) is 0 Å². The number of nitro benzene ring substituents is 1. The number of carbonyl (C=O) groups excluding carboxylic acids is 1. The van der Waals surface area contributed by atoms with Crippen LogP contribution in [0.4, 0.5) is 5.69 Å². The molecule has 0 unspecified atom stereocenters. The van der Waals surface area contributed by atoms with E-state index < -0.39 is 4.92 Å². The van der Waals surface area contributed by atoms with Gasteiger partial charge in [-0.05, 0) is 43.2 Å². The molecule has 2 aliphatic rings. The van der Waals surface area contributed by atoms with Crippen LogP contribution in [0.2, 0.25) is 0 Å². The smallest absolute Gasteiger partial charge is 0.311 e. The van der Waals surface area contributed by atoms with E-state index in [2.05, 4.69) is 10.2 Å². The van der Waals surface area contributed by atoms with Gasteiger partial charge in [0.1, 0.15) is 0 Å². The van der Waals surface area contributed by atoms with E-state index in [9.17, 15) is 14.9 Å². The molecule has 0 spiro atoms. The van der Waals surface area contributed by atoms with Crippen LogP contribution in [0.1, 0.15) is 44.1 Å². The Morgan fingerprint density at radius 2 is 2.00 bits per heavy atom. The van der Waals surface area contributed by atoms with Gasteiger partial charge in [0, 0.05) is 37.5 Å². The van der Waals surface area contributed by atoms with Crippen molar-refractivity contribution in [3.63, 3.8) is 0 Å². The Morgan fingerprint density at radius 1 is 1.28 bits per heavy atom. The Kier molecular flexibility index (Phi) is 8.18. The van der Waals surface area contributed by atoms with Crippen molar-refractivity contribution in [3.05, 3.63) is 33.9 Å². The maximum Gasteiger partial charge on any atom is 0.311 e. The third-order valence-corrected chi connectivity index (χ3v) is 6.89. The Labute approximate surface area is 176 Å². The van der Waals surface area contributed by atoms with Gasteiger partial charge in [0.25, 0.3) is 0 Å². The van der Waals surface area contributed by atoms with Crippen molar-refractivity contribution < 1.29 is 14.5 Å². The fourth-order valence-corrected chi connectivity index (χ4v) is 5.10. The van der Waals surface area contributed by atoms with Crippen molar-refractivity contribution in [2.75, 3.05) is 32.5 Å². The first-order valence-electron chi connectivity index (χ1n) is 10.5. The third-order valence-electron chi connectivity index (χ3n) is 5.89. The third kappa shape index (κ3) is 6.60. The molecule has 1 aliphatic heterocycles. The van der Waals surface area contributed by atoms with E-state index >= 15 is 0 Å². The first kappa shape index (κ1) is 21.9. The van der Waals surface area contributed by atoms with Crippen LogP contribution in [0, 0.1) is 16.0 Å². The van der Waals surface area contributed by atoms with Gasteiger partial charge in [-0.1, -0.05) is 18.9 Å². The van der Waals surface area contributed by atoms with E-state index in [-0.39, 0.29) is 23.4 Å². The number of likely N-dealkylation sites (tertiary alicyclic amines) is 1. The van der Waals surface area contributed by atoms with Gasteiger partial charge in [-0.2, -0.15) is 0 Å². The lowest BCUT2D eigenvalue weighted by atomic mass is 10.0. The van der Waals surface area contributed by atoms with Gasteiger partial charge >= 0.3 is 5.69 Å². The standard InChI is InChI=1S/C21H31N3O4S/c1-28-20-7-6-17(12-19(20)24(26)27)14-29-15-21(25)22-18-8-10-23(11-9-18)13-16-4-2-3-5-16/h6-7,12,16,18H,2-5,8-11,13-15H2,1H3,(H,22,25). The molecule has 0 atom stereocenters. The molecule has 2 fully saturated rings. The highest BCUT2D eigenvalue weighted by Crippen LogP contribution is 2.29. The number of amides is 1. The molecule has 1 saturated carbocycles. The molecule has 1 N–H and O–H groups in total. The molecule has 3 rings (SSSR count). The van der Waals surface area contributed by atoms with E-state index in [0.29, 0.717) is 11.5 Å². The maximum atomic E-state index is 12.3. The lowest BCUT2D eigenvalue weighted by Gasteiger charge is -2.33. The minimum Gasteiger partial charge on any atom is -0.490 e. The maximum absolute atomic E-state index is 12.3. The lowest BCUT2D eigenvalue weighted by Crippen LogP contribution is -2.46. The van der Waals surface area contributed by atoms with Gasteiger partial charge in [0.2, 0.25) is 5.91 Å².